The van der Waals surface area contributed by atoms with Crippen molar-refractivity contribution in [2.75, 3.05) is 6.54 Å². The van der Waals surface area contributed by atoms with Crippen LogP contribution in [0.3, 0.4) is 0 Å². The van der Waals surface area contributed by atoms with Gasteiger partial charge in [0.25, 0.3) is 0 Å². The van der Waals surface area contributed by atoms with Crippen LogP contribution in [0.15, 0.2) is 18.2 Å². The lowest BCUT2D eigenvalue weighted by Crippen LogP contribution is -2.32. The number of rotatable bonds is 9. The van der Waals surface area contributed by atoms with Gasteiger partial charge in [0, 0.05) is 13.1 Å². The molecule has 0 amide bonds. The zero-order valence-corrected chi connectivity index (χ0v) is 22.4. The number of aliphatic hydroxyl groups excluding tert-OH is 1. The van der Waals surface area contributed by atoms with Crippen LogP contribution in [-0.4, -0.2) is 43.0 Å². The molecule has 0 radical (unpaired) electrons. The molecule has 196 valence electrons. The number of carboxylic acids is 1. The molecule has 1 unspecified atom stereocenters. The minimum absolute atomic E-state index is 0.244. The average molecular weight is 516 g/mol. The van der Waals surface area contributed by atoms with Crippen LogP contribution >= 0.6 is 11.6 Å². The molecule has 0 saturated heterocycles. The highest BCUT2D eigenvalue weighted by molar-refractivity contribution is 6.28. The summed E-state index contributed by atoms with van der Waals surface area (Å²) in [6.45, 7) is 8.52. The van der Waals surface area contributed by atoms with Gasteiger partial charge in [-0.3, -0.25) is 10.1 Å². The Hall–Kier alpha value is -2.37. The van der Waals surface area contributed by atoms with Crippen LogP contribution in [0, 0.1) is 37.5 Å². The number of halogens is 1. The van der Waals surface area contributed by atoms with Gasteiger partial charge in [-0.15, -0.1) is 0 Å². The van der Waals surface area contributed by atoms with E-state index in [4.69, 9.17) is 11.6 Å². The standard InChI is InChI=1S/C28H38ClN3O4/c1-18-7-5-8-21(19(18)2)9-6-16-32-24(23(31-27(32)29)14-15-28(3,4)36)25(33)30-17-20-10-12-22(13-11-20)26(34)35/h5,7-8,20,22,25,30,33,36H,6,9-13,16-17H2,1-4H3,(H,34,35)/t20-,22-,25?. The van der Waals surface area contributed by atoms with Crippen LogP contribution in [0.1, 0.15) is 80.3 Å². The molecule has 7 nitrogen and oxygen atoms in total. The highest BCUT2D eigenvalue weighted by Gasteiger charge is 2.27. The number of nitrogens with one attached hydrogen (secondary N) is 1. The molecule has 3 rings (SSSR count). The van der Waals surface area contributed by atoms with E-state index in [-0.39, 0.29) is 17.1 Å². The molecule has 1 atom stereocenters. The van der Waals surface area contributed by atoms with E-state index >= 15 is 0 Å². The molecule has 1 aromatic heterocycles. The van der Waals surface area contributed by atoms with E-state index in [1.54, 1.807) is 18.4 Å². The van der Waals surface area contributed by atoms with Crippen molar-refractivity contribution in [2.24, 2.45) is 11.8 Å². The summed E-state index contributed by atoms with van der Waals surface area (Å²) in [6.07, 6.45) is 3.54. The Balaban J connectivity index is 1.75. The van der Waals surface area contributed by atoms with Crippen molar-refractivity contribution in [1.29, 1.82) is 0 Å². The number of aryl methyl sites for hydroxylation is 2. The molecule has 0 aliphatic heterocycles. The van der Waals surface area contributed by atoms with E-state index in [9.17, 15) is 20.1 Å². The van der Waals surface area contributed by atoms with Crippen LogP contribution in [0.4, 0.5) is 0 Å². The molecule has 2 aromatic rings. The topological polar surface area (TPSA) is 108 Å². The van der Waals surface area contributed by atoms with E-state index < -0.39 is 17.8 Å². The number of benzene rings is 1. The second-order valence-corrected chi connectivity index (χ2v) is 10.7. The lowest BCUT2D eigenvalue weighted by Gasteiger charge is -2.27. The van der Waals surface area contributed by atoms with E-state index in [0.717, 1.165) is 25.7 Å². The first-order valence-electron chi connectivity index (χ1n) is 12.7. The van der Waals surface area contributed by atoms with Crippen LogP contribution in [0.25, 0.3) is 0 Å². The van der Waals surface area contributed by atoms with Crippen molar-refractivity contribution in [3.63, 3.8) is 0 Å². The second-order valence-electron chi connectivity index (χ2n) is 10.4. The summed E-state index contributed by atoms with van der Waals surface area (Å²) >= 11 is 6.50. The maximum atomic E-state index is 11.2. The fourth-order valence-corrected chi connectivity index (χ4v) is 4.99. The lowest BCUT2D eigenvalue weighted by molar-refractivity contribution is -0.143. The van der Waals surface area contributed by atoms with Gasteiger partial charge in [-0.05, 0) is 106 Å². The van der Waals surface area contributed by atoms with Gasteiger partial charge in [-0.25, -0.2) is 4.98 Å². The molecule has 1 saturated carbocycles. The Morgan fingerprint density at radius 1 is 1.28 bits per heavy atom. The summed E-state index contributed by atoms with van der Waals surface area (Å²) < 4.78 is 1.79. The first-order chi connectivity index (χ1) is 17.0. The number of aliphatic carboxylic acids is 1. The Kier molecular flexibility index (Phi) is 9.59. The lowest BCUT2D eigenvalue weighted by atomic mass is 9.82. The molecule has 1 heterocycles. The van der Waals surface area contributed by atoms with Gasteiger partial charge in [0.05, 0.1) is 11.6 Å². The van der Waals surface area contributed by atoms with E-state index in [0.29, 0.717) is 37.3 Å². The van der Waals surface area contributed by atoms with Gasteiger partial charge in [0.2, 0.25) is 5.28 Å². The fourth-order valence-electron chi connectivity index (χ4n) is 4.73. The first-order valence-corrected chi connectivity index (χ1v) is 13.0. The Labute approximate surface area is 218 Å². The fraction of sp³-hybridized carbons (Fsp3) is 0.571. The van der Waals surface area contributed by atoms with Crippen LogP contribution in [-0.2, 0) is 17.8 Å². The maximum Gasteiger partial charge on any atom is 0.306 e. The smallest absolute Gasteiger partial charge is 0.306 e. The number of hydrogen-bond acceptors (Lipinski definition) is 5. The van der Waals surface area contributed by atoms with Crippen molar-refractivity contribution < 1.29 is 20.1 Å². The van der Waals surface area contributed by atoms with E-state index in [1.807, 2.05) is 0 Å². The summed E-state index contributed by atoms with van der Waals surface area (Å²) in [5.74, 6) is 4.95. The Morgan fingerprint density at radius 3 is 2.61 bits per heavy atom. The minimum atomic E-state index is -1.21. The number of carboxylic acid groups (broad SMARTS) is 1. The van der Waals surface area contributed by atoms with Gasteiger partial charge >= 0.3 is 5.97 Å². The molecule has 4 N–H and O–H groups in total. The largest absolute Gasteiger partial charge is 0.481 e. The van der Waals surface area contributed by atoms with E-state index in [1.165, 1.54) is 16.7 Å². The van der Waals surface area contributed by atoms with Gasteiger partial charge < -0.3 is 19.9 Å². The van der Waals surface area contributed by atoms with Crippen molar-refractivity contribution >= 4 is 17.6 Å². The molecule has 8 heteroatoms. The number of aliphatic hydroxyl groups is 2. The molecule has 1 aromatic carbocycles. The summed E-state index contributed by atoms with van der Waals surface area (Å²) in [7, 11) is 0. The monoisotopic (exact) mass is 515 g/mol. The van der Waals surface area contributed by atoms with Crippen molar-refractivity contribution in [3.8, 4) is 11.8 Å². The number of nitrogens with zero attached hydrogens (tertiary/aromatic N) is 2. The zero-order valence-electron chi connectivity index (χ0n) is 21.6. The van der Waals surface area contributed by atoms with Crippen LogP contribution in [0.2, 0.25) is 5.28 Å². The summed E-state index contributed by atoms with van der Waals surface area (Å²) in [5, 5.41) is 33.9. The Bertz CT molecular complexity index is 1120. The molecule has 1 aliphatic carbocycles. The van der Waals surface area contributed by atoms with Gasteiger partial charge in [0.1, 0.15) is 17.5 Å². The normalized spacial score (nSPS) is 19.0. The van der Waals surface area contributed by atoms with Gasteiger partial charge in [-0.1, -0.05) is 24.1 Å². The second kappa shape index (κ2) is 12.2. The third kappa shape index (κ3) is 7.57. The zero-order chi connectivity index (χ0) is 26.5. The summed E-state index contributed by atoms with van der Waals surface area (Å²) in [6, 6.07) is 6.30. The first kappa shape index (κ1) is 28.2. The van der Waals surface area contributed by atoms with Gasteiger partial charge in [0.15, 0.2) is 0 Å². The minimum Gasteiger partial charge on any atom is -0.481 e. The molecular formula is C28H38ClN3O4. The van der Waals surface area contributed by atoms with Crippen molar-refractivity contribution in [2.45, 2.75) is 84.6 Å². The maximum absolute atomic E-state index is 11.2. The van der Waals surface area contributed by atoms with Crippen molar-refractivity contribution in [1.82, 2.24) is 14.9 Å². The van der Waals surface area contributed by atoms with Crippen LogP contribution in [0.5, 0.6) is 0 Å². The molecule has 0 bridgehead atoms. The highest BCUT2D eigenvalue weighted by atomic mass is 35.5. The van der Waals surface area contributed by atoms with Gasteiger partial charge in [-0.2, -0.15) is 0 Å². The summed E-state index contributed by atoms with van der Waals surface area (Å²) in [4.78, 5) is 15.6. The molecule has 36 heavy (non-hydrogen) atoms. The molecule has 0 spiro atoms. The third-order valence-electron chi connectivity index (χ3n) is 7.05. The number of aromatic nitrogens is 2. The molecule has 1 aliphatic rings. The van der Waals surface area contributed by atoms with Crippen LogP contribution < -0.4 is 5.32 Å². The predicted molar refractivity (Wildman–Crippen MR) is 141 cm³/mol. The van der Waals surface area contributed by atoms with E-state index in [2.05, 4.69) is 54.2 Å². The third-order valence-corrected chi connectivity index (χ3v) is 7.34. The number of imidazole rings is 1. The average Bonchev–Trinajstić information content (AvgIpc) is 3.14. The molecule has 1 fully saturated rings. The number of hydrogen-bond donors (Lipinski definition) is 4. The molecular weight excluding hydrogens is 478 g/mol. The van der Waals surface area contributed by atoms with Crippen molar-refractivity contribution in [3.05, 3.63) is 51.6 Å². The SMILES string of the molecule is Cc1cccc(CCCn2c(Cl)nc(C#CC(C)(C)O)c2C(O)NC[C@H]2CC[C@H](C(=O)O)CC2)c1C. The highest BCUT2D eigenvalue weighted by Crippen LogP contribution is 2.29. The summed E-state index contributed by atoms with van der Waals surface area (Å²) in [5.41, 5.74) is 3.43. The predicted octanol–water partition coefficient (Wildman–Crippen LogP) is 4.38. The Morgan fingerprint density at radius 2 is 1.97 bits per heavy atom. The number of carbonyl (C=O) groups is 1. The quantitative estimate of drug-likeness (QED) is 0.291.